The Bertz CT molecular complexity index is 2760. The Labute approximate surface area is 330 Å². The van der Waals surface area contributed by atoms with Gasteiger partial charge >= 0.3 is 0 Å². The molecular formula is C54H44N2. The van der Waals surface area contributed by atoms with E-state index in [9.17, 15) is 0 Å². The number of anilines is 1. The average Bonchev–Trinajstić information content (AvgIpc) is 3.26. The smallest absolute Gasteiger partial charge is 0.0864 e. The highest BCUT2D eigenvalue weighted by atomic mass is 14.9. The van der Waals surface area contributed by atoms with Crippen LogP contribution in [0.3, 0.4) is 0 Å². The Morgan fingerprint density at radius 1 is 0.661 bits per heavy atom. The van der Waals surface area contributed by atoms with Gasteiger partial charge in [-0.1, -0.05) is 176 Å². The second-order valence-corrected chi connectivity index (χ2v) is 15.4. The van der Waals surface area contributed by atoms with E-state index in [1.54, 1.807) is 5.57 Å². The van der Waals surface area contributed by atoms with Crippen LogP contribution < -0.4 is 5.32 Å². The van der Waals surface area contributed by atoms with Crippen LogP contribution in [-0.2, 0) is 0 Å². The summed E-state index contributed by atoms with van der Waals surface area (Å²) in [5.74, 6) is 0.450. The molecule has 0 radical (unpaired) electrons. The van der Waals surface area contributed by atoms with E-state index in [0.717, 1.165) is 41.9 Å². The van der Waals surface area contributed by atoms with Gasteiger partial charge in [0, 0.05) is 23.6 Å². The first kappa shape index (κ1) is 34.0. The Balaban J connectivity index is 1.04. The molecule has 0 saturated heterocycles. The summed E-state index contributed by atoms with van der Waals surface area (Å²) in [4.78, 5) is 5.12. The molecule has 10 rings (SSSR count). The summed E-state index contributed by atoms with van der Waals surface area (Å²) >= 11 is 0. The van der Waals surface area contributed by atoms with E-state index in [1.165, 1.54) is 60.5 Å². The van der Waals surface area contributed by atoms with Crippen LogP contribution in [0.25, 0.3) is 32.7 Å². The van der Waals surface area contributed by atoms with E-state index in [0.29, 0.717) is 0 Å². The van der Waals surface area contributed by atoms with Gasteiger partial charge < -0.3 is 5.32 Å². The molecule has 0 aromatic heterocycles. The molecule has 3 unspecified atom stereocenters. The van der Waals surface area contributed by atoms with Crippen molar-refractivity contribution >= 4 is 49.8 Å². The van der Waals surface area contributed by atoms with Crippen LogP contribution in [0.4, 0.5) is 11.4 Å². The molecule has 270 valence electrons. The third-order valence-electron chi connectivity index (χ3n) is 12.0. The first-order valence-corrected chi connectivity index (χ1v) is 20.0. The number of nitrogens with zero attached hydrogens (tertiary/aromatic N) is 1. The van der Waals surface area contributed by atoms with Gasteiger partial charge in [-0.2, -0.15) is 0 Å². The highest BCUT2D eigenvalue weighted by Crippen LogP contribution is 2.54. The molecular weight excluding hydrogens is 677 g/mol. The predicted molar refractivity (Wildman–Crippen MR) is 239 cm³/mol. The summed E-state index contributed by atoms with van der Waals surface area (Å²) < 4.78 is 0. The van der Waals surface area contributed by atoms with Crippen molar-refractivity contribution in [2.45, 2.75) is 38.1 Å². The van der Waals surface area contributed by atoms with Gasteiger partial charge in [0.2, 0.25) is 0 Å². The van der Waals surface area contributed by atoms with Gasteiger partial charge in [-0.05, 0) is 110 Å². The summed E-state index contributed by atoms with van der Waals surface area (Å²) in [5.41, 5.74) is 15.1. The molecule has 1 N–H and O–H groups in total. The number of para-hydroxylation sites is 2. The van der Waals surface area contributed by atoms with Crippen molar-refractivity contribution in [3.05, 3.63) is 227 Å². The molecule has 0 bridgehead atoms. The van der Waals surface area contributed by atoms with Crippen LogP contribution in [0.2, 0.25) is 0 Å². The number of nitrogens with one attached hydrogen (secondary N) is 1. The minimum atomic E-state index is 0.198. The number of fused-ring (bicyclic) bond motifs is 3. The molecule has 0 aliphatic heterocycles. The van der Waals surface area contributed by atoms with Gasteiger partial charge in [-0.15, -0.1) is 0 Å². The van der Waals surface area contributed by atoms with Crippen molar-refractivity contribution in [3.63, 3.8) is 0 Å². The monoisotopic (exact) mass is 720 g/mol. The summed E-state index contributed by atoms with van der Waals surface area (Å²) in [6.45, 7) is 2.11. The van der Waals surface area contributed by atoms with Crippen molar-refractivity contribution in [2.75, 3.05) is 5.32 Å². The Kier molecular flexibility index (Phi) is 8.88. The molecule has 56 heavy (non-hydrogen) atoms. The quantitative estimate of drug-likeness (QED) is 0.163. The summed E-state index contributed by atoms with van der Waals surface area (Å²) in [5, 5.41) is 8.81. The Morgan fingerprint density at radius 2 is 1.39 bits per heavy atom. The van der Waals surface area contributed by atoms with Crippen LogP contribution in [-0.4, -0.2) is 11.8 Å². The van der Waals surface area contributed by atoms with E-state index in [-0.39, 0.29) is 17.9 Å². The van der Waals surface area contributed by atoms with Crippen molar-refractivity contribution in [1.82, 2.24) is 0 Å². The molecule has 0 fully saturated rings. The lowest BCUT2D eigenvalue weighted by atomic mass is 9.63. The van der Waals surface area contributed by atoms with Gasteiger partial charge in [-0.3, -0.25) is 4.99 Å². The summed E-state index contributed by atoms with van der Waals surface area (Å²) in [6, 6.07) is 49.3. The molecule has 0 spiro atoms. The maximum Gasteiger partial charge on any atom is 0.0864 e. The highest BCUT2D eigenvalue weighted by Gasteiger charge is 2.38. The van der Waals surface area contributed by atoms with Crippen molar-refractivity contribution < 1.29 is 0 Å². The zero-order valence-electron chi connectivity index (χ0n) is 31.7. The molecule has 2 nitrogen and oxygen atoms in total. The molecule has 2 heteroatoms. The molecule has 0 saturated carbocycles. The zero-order chi connectivity index (χ0) is 37.4. The lowest BCUT2D eigenvalue weighted by Crippen LogP contribution is -2.25. The number of hydrogen-bond donors (Lipinski definition) is 1. The minimum Gasteiger partial charge on any atom is -0.377 e. The number of benzene rings is 6. The molecule has 0 amide bonds. The van der Waals surface area contributed by atoms with Crippen molar-refractivity contribution in [2.24, 2.45) is 10.9 Å². The standard InChI is InChI=1S/C54H44N2/c1-36(55-51-21-11-12-22-52(51)56-46-17-3-2-4-18-46)37-23-25-40(26-24-37)43-31-32-49-50(35-43)54(45-30-28-39-14-6-8-16-42(39)34-45)48-20-10-9-19-47(48)53(49)44-29-27-38-13-5-7-15-41(38)33-44/h2-9,11-17,19,21-35,46,50,54,56H,10,18,20H2,1H3. The van der Waals surface area contributed by atoms with Crippen LogP contribution in [0, 0.1) is 5.92 Å². The number of aliphatic imine (C=N–C) groups is 1. The van der Waals surface area contributed by atoms with Crippen LogP contribution in [0.5, 0.6) is 0 Å². The summed E-state index contributed by atoms with van der Waals surface area (Å²) in [6.07, 6.45) is 23.9. The van der Waals surface area contributed by atoms with E-state index in [2.05, 4.69) is 200 Å². The van der Waals surface area contributed by atoms with Gasteiger partial charge in [0.05, 0.1) is 11.4 Å². The third kappa shape index (κ3) is 6.42. The lowest BCUT2D eigenvalue weighted by Gasteiger charge is -2.40. The molecule has 3 atom stereocenters. The second kappa shape index (κ2) is 14.6. The maximum atomic E-state index is 5.12. The van der Waals surface area contributed by atoms with E-state index >= 15 is 0 Å². The van der Waals surface area contributed by atoms with Crippen LogP contribution >= 0.6 is 0 Å². The molecule has 6 aromatic rings. The van der Waals surface area contributed by atoms with Crippen LogP contribution in [0.1, 0.15) is 54.4 Å². The second-order valence-electron chi connectivity index (χ2n) is 15.4. The van der Waals surface area contributed by atoms with E-state index in [4.69, 9.17) is 4.99 Å². The normalized spacial score (nSPS) is 20.3. The molecule has 0 heterocycles. The summed E-state index contributed by atoms with van der Waals surface area (Å²) in [7, 11) is 0. The predicted octanol–water partition coefficient (Wildman–Crippen LogP) is 13.9. The van der Waals surface area contributed by atoms with Gasteiger partial charge in [0.1, 0.15) is 0 Å². The van der Waals surface area contributed by atoms with Crippen molar-refractivity contribution in [3.8, 4) is 0 Å². The van der Waals surface area contributed by atoms with Crippen molar-refractivity contribution in [1.29, 1.82) is 0 Å². The van der Waals surface area contributed by atoms with E-state index < -0.39 is 0 Å². The topological polar surface area (TPSA) is 24.4 Å². The largest absolute Gasteiger partial charge is 0.377 e. The fourth-order valence-corrected chi connectivity index (χ4v) is 9.17. The Morgan fingerprint density at radius 3 is 2.20 bits per heavy atom. The molecule has 6 aromatic carbocycles. The van der Waals surface area contributed by atoms with Gasteiger partial charge in [0.25, 0.3) is 0 Å². The minimum absolute atomic E-state index is 0.198. The Hall–Kier alpha value is -6.51. The first-order chi connectivity index (χ1) is 27.7. The number of hydrogen-bond acceptors (Lipinski definition) is 2. The van der Waals surface area contributed by atoms with Gasteiger partial charge in [-0.25, -0.2) is 0 Å². The fourth-order valence-electron chi connectivity index (χ4n) is 9.17. The van der Waals surface area contributed by atoms with E-state index in [1.807, 2.05) is 0 Å². The lowest BCUT2D eigenvalue weighted by molar-refractivity contribution is 0.610. The highest BCUT2D eigenvalue weighted by molar-refractivity contribution is 6.01. The number of allylic oxidation sites excluding steroid dienone is 12. The maximum absolute atomic E-state index is 5.12. The first-order valence-electron chi connectivity index (χ1n) is 20.0. The SMILES string of the molecule is CC(=Nc1ccccc1NC1C=CC=CC1)c1ccc(C2=CC3C(=C(c4ccc5ccccc5c4)C4=C(CCC=C4)C3c3ccc4ccccc4c3)C=C2)cc1. The molecule has 4 aliphatic rings. The third-order valence-corrected chi connectivity index (χ3v) is 12.0. The fraction of sp³-hybridized carbons (Fsp3) is 0.130. The average molecular weight is 721 g/mol. The van der Waals surface area contributed by atoms with Gasteiger partial charge in [0.15, 0.2) is 0 Å². The molecule has 4 aliphatic carbocycles. The zero-order valence-corrected chi connectivity index (χ0v) is 31.7. The van der Waals surface area contributed by atoms with Crippen LogP contribution in [0.15, 0.2) is 210 Å². The number of rotatable bonds is 7.